The number of halogens is 5. The Morgan fingerprint density at radius 1 is 1.19 bits per heavy atom. The van der Waals surface area contributed by atoms with Crippen LogP contribution in [-0.4, -0.2) is 11.1 Å². The summed E-state index contributed by atoms with van der Waals surface area (Å²) in [6, 6.07) is 2.10. The van der Waals surface area contributed by atoms with Gasteiger partial charge in [-0.3, -0.25) is 0 Å². The lowest BCUT2D eigenvalue weighted by Crippen LogP contribution is -2.36. The number of nitrogens with two attached hydrogens (primary N) is 1. The zero-order valence-corrected chi connectivity index (χ0v) is 12.9. The summed E-state index contributed by atoms with van der Waals surface area (Å²) >= 11 is 0. The molecule has 0 aliphatic carbocycles. The van der Waals surface area contributed by atoms with Gasteiger partial charge >= 0.3 is 6.18 Å². The molecular weight excluding hydrogens is 310 g/mol. The minimum atomic E-state index is -4.79. The highest BCUT2D eigenvalue weighted by Gasteiger charge is 2.35. The molecule has 21 heavy (non-hydrogen) atoms. The first-order valence-corrected chi connectivity index (χ1v) is 6.23. The van der Waals surface area contributed by atoms with Gasteiger partial charge < -0.3 is 10.8 Å². The van der Waals surface area contributed by atoms with E-state index in [1.54, 1.807) is 0 Å². The van der Waals surface area contributed by atoms with Gasteiger partial charge in [0.2, 0.25) is 0 Å². The van der Waals surface area contributed by atoms with Gasteiger partial charge in [-0.25, -0.2) is 4.39 Å². The summed E-state index contributed by atoms with van der Waals surface area (Å²) in [5.74, 6) is -1.35. The van der Waals surface area contributed by atoms with Gasteiger partial charge in [0, 0.05) is 6.04 Å². The van der Waals surface area contributed by atoms with E-state index in [1.807, 2.05) is 20.8 Å². The molecule has 2 atom stereocenters. The zero-order chi connectivity index (χ0) is 15.7. The van der Waals surface area contributed by atoms with Crippen molar-refractivity contribution >= 4 is 12.4 Å². The first-order valence-electron chi connectivity index (χ1n) is 6.23. The fraction of sp³-hybridized carbons (Fsp3) is 0.571. The van der Waals surface area contributed by atoms with Crippen molar-refractivity contribution in [1.29, 1.82) is 0 Å². The summed E-state index contributed by atoms with van der Waals surface area (Å²) in [4.78, 5) is 0. The Morgan fingerprint density at radius 2 is 1.71 bits per heavy atom. The van der Waals surface area contributed by atoms with E-state index in [0.29, 0.717) is 12.1 Å². The second-order valence-corrected chi connectivity index (χ2v) is 5.96. The highest BCUT2D eigenvalue weighted by atomic mass is 35.5. The third-order valence-corrected chi connectivity index (χ3v) is 3.27. The van der Waals surface area contributed by atoms with Crippen LogP contribution in [0.3, 0.4) is 0 Å². The second-order valence-electron chi connectivity index (χ2n) is 5.96. The van der Waals surface area contributed by atoms with Gasteiger partial charge in [-0.15, -0.1) is 12.4 Å². The molecule has 0 aliphatic rings. The van der Waals surface area contributed by atoms with Gasteiger partial charge in [-0.05, 0) is 29.5 Å². The molecular formula is C14H20ClF4NO. The summed E-state index contributed by atoms with van der Waals surface area (Å²) < 4.78 is 50.9. The molecule has 1 rings (SSSR count). The van der Waals surface area contributed by atoms with Crippen LogP contribution in [0.1, 0.15) is 44.4 Å². The van der Waals surface area contributed by atoms with Crippen molar-refractivity contribution in [3.8, 4) is 0 Å². The van der Waals surface area contributed by atoms with Crippen LogP contribution in [0.5, 0.6) is 0 Å². The molecule has 0 aliphatic heterocycles. The number of alkyl halides is 3. The quantitative estimate of drug-likeness (QED) is 0.821. The van der Waals surface area contributed by atoms with Crippen LogP contribution in [0, 0.1) is 11.2 Å². The Hall–Kier alpha value is -0.850. The number of hydrogen-bond donors (Lipinski definition) is 2. The van der Waals surface area contributed by atoms with Crippen LogP contribution in [0.25, 0.3) is 0 Å². The van der Waals surface area contributed by atoms with Gasteiger partial charge in [0.15, 0.2) is 0 Å². The molecule has 122 valence electrons. The van der Waals surface area contributed by atoms with Crippen molar-refractivity contribution in [2.45, 2.75) is 45.5 Å². The van der Waals surface area contributed by atoms with Crippen LogP contribution in [0.2, 0.25) is 0 Å². The van der Waals surface area contributed by atoms with E-state index in [9.17, 15) is 22.7 Å². The van der Waals surface area contributed by atoms with Crippen LogP contribution in [-0.2, 0) is 6.18 Å². The number of aliphatic hydroxyl groups is 1. The van der Waals surface area contributed by atoms with Crippen molar-refractivity contribution in [2.75, 3.05) is 0 Å². The first-order chi connectivity index (χ1) is 8.93. The predicted octanol–water partition coefficient (Wildman–Crippen LogP) is 4.06. The van der Waals surface area contributed by atoms with Crippen molar-refractivity contribution in [2.24, 2.45) is 11.1 Å². The molecule has 0 aromatic heterocycles. The molecule has 0 unspecified atom stereocenters. The average Bonchev–Trinajstić information content (AvgIpc) is 2.26. The lowest BCUT2D eigenvalue weighted by Gasteiger charge is -2.29. The maximum atomic E-state index is 13.2. The highest BCUT2D eigenvalue weighted by molar-refractivity contribution is 5.85. The summed E-state index contributed by atoms with van der Waals surface area (Å²) in [6.45, 7) is 5.61. The summed E-state index contributed by atoms with van der Waals surface area (Å²) in [6.07, 6.45) is -5.84. The Balaban J connectivity index is 0.00000400. The smallest absolute Gasteiger partial charge is 0.388 e. The van der Waals surface area contributed by atoms with E-state index in [4.69, 9.17) is 5.73 Å². The van der Waals surface area contributed by atoms with Crippen molar-refractivity contribution in [3.05, 3.63) is 35.1 Å². The minimum absolute atomic E-state index is 0. The summed E-state index contributed by atoms with van der Waals surface area (Å²) in [5, 5.41) is 9.97. The van der Waals surface area contributed by atoms with Crippen molar-refractivity contribution < 1.29 is 22.7 Å². The molecule has 0 radical (unpaired) electrons. The molecule has 0 fully saturated rings. The predicted molar refractivity (Wildman–Crippen MR) is 75.7 cm³/mol. The molecule has 2 nitrogen and oxygen atoms in total. The summed E-state index contributed by atoms with van der Waals surface area (Å²) in [5.41, 5.74) is 4.24. The number of aliphatic hydroxyl groups excluding tert-OH is 1. The molecule has 1 aromatic carbocycles. The largest absolute Gasteiger partial charge is 0.419 e. The maximum absolute atomic E-state index is 13.2. The van der Waals surface area contributed by atoms with Crippen LogP contribution in [0.4, 0.5) is 17.6 Å². The standard InChI is InChI=1S/C14H19F4NO.ClH/c1-13(2,3)12(19)7-11(20)8-4-5-10(15)9(6-8)14(16,17)18;/h4-6,11-12,20H,7,19H2,1-3H3;1H/t11-,12-;/m1./s1. The summed E-state index contributed by atoms with van der Waals surface area (Å²) in [7, 11) is 0. The fourth-order valence-corrected chi connectivity index (χ4v) is 1.70. The first kappa shape index (κ1) is 20.1. The highest BCUT2D eigenvalue weighted by Crippen LogP contribution is 2.34. The second kappa shape index (κ2) is 6.94. The molecule has 0 heterocycles. The van der Waals surface area contributed by atoms with Crippen LogP contribution >= 0.6 is 12.4 Å². The minimum Gasteiger partial charge on any atom is -0.388 e. The molecule has 0 amide bonds. The maximum Gasteiger partial charge on any atom is 0.419 e. The van der Waals surface area contributed by atoms with E-state index in [-0.39, 0.29) is 29.8 Å². The SMILES string of the molecule is CC(C)(C)[C@H](N)C[C@@H](O)c1ccc(F)c(C(F)(F)F)c1.Cl. The fourth-order valence-electron chi connectivity index (χ4n) is 1.70. The molecule has 0 saturated carbocycles. The van der Waals surface area contributed by atoms with Crippen molar-refractivity contribution in [1.82, 2.24) is 0 Å². The number of hydrogen-bond acceptors (Lipinski definition) is 2. The zero-order valence-electron chi connectivity index (χ0n) is 12.0. The normalized spacial score (nSPS) is 15.3. The third kappa shape index (κ3) is 5.45. The average molecular weight is 330 g/mol. The molecule has 7 heteroatoms. The topological polar surface area (TPSA) is 46.2 Å². The molecule has 1 aromatic rings. The van der Waals surface area contributed by atoms with E-state index < -0.39 is 29.7 Å². The van der Waals surface area contributed by atoms with Gasteiger partial charge in [0.05, 0.1) is 11.7 Å². The van der Waals surface area contributed by atoms with E-state index in [0.717, 1.165) is 6.07 Å². The molecule has 3 N–H and O–H groups in total. The molecule has 0 saturated heterocycles. The number of rotatable bonds is 3. The number of benzene rings is 1. The lowest BCUT2D eigenvalue weighted by atomic mass is 9.83. The molecule has 0 spiro atoms. The Labute approximate surface area is 127 Å². The van der Waals surface area contributed by atoms with Gasteiger partial charge in [-0.2, -0.15) is 13.2 Å². The van der Waals surface area contributed by atoms with Crippen LogP contribution < -0.4 is 5.73 Å². The third-order valence-electron chi connectivity index (χ3n) is 3.27. The lowest BCUT2D eigenvalue weighted by molar-refractivity contribution is -0.140. The van der Waals surface area contributed by atoms with E-state index in [2.05, 4.69) is 0 Å². The van der Waals surface area contributed by atoms with Gasteiger partial charge in [0.25, 0.3) is 0 Å². The Morgan fingerprint density at radius 3 is 2.14 bits per heavy atom. The molecule has 0 bridgehead atoms. The monoisotopic (exact) mass is 329 g/mol. The van der Waals surface area contributed by atoms with E-state index >= 15 is 0 Å². The van der Waals surface area contributed by atoms with Gasteiger partial charge in [0.1, 0.15) is 5.82 Å². The van der Waals surface area contributed by atoms with Gasteiger partial charge in [-0.1, -0.05) is 26.8 Å². The van der Waals surface area contributed by atoms with Crippen LogP contribution in [0.15, 0.2) is 18.2 Å². The Bertz CT molecular complexity index is 471. The van der Waals surface area contributed by atoms with E-state index in [1.165, 1.54) is 0 Å². The Kier molecular flexibility index (Phi) is 6.66. The van der Waals surface area contributed by atoms with Crippen molar-refractivity contribution in [3.63, 3.8) is 0 Å².